The maximum Gasteiger partial charge on any atom is 0.230 e. The Labute approximate surface area is 174 Å². The third kappa shape index (κ3) is 5.84. The van der Waals surface area contributed by atoms with Crippen molar-refractivity contribution in [1.82, 2.24) is 20.1 Å². The van der Waals surface area contributed by atoms with Gasteiger partial charge in [0.15, 0.2) is 5.16 Å². The van der Waals surface area contributed by atoms with Crippen LogP contribution in [-0.4, -0.2) is 26.4 Å². The number of hydrogen-bond donors (Lipinski definition) is 1. The van der Waals surface area contributed by atoms with E-state index in [1.54, 1.807) is 0 Å². The molecule has 0 aliphatic carbocycles. The number of amides is 1. The number of halogens is 1. The number of hydrogen-bond acceptors (Lipinski definition) is 4. The first kappa shape index (κ1) is 20.4. The summed E-state index contributed by atoms with van der Waals surface area (Å²) in [5.74, 6) is 1.23. The molecule has 0 saturated heterocycles. The summed E-state index contributed by atoms with van der Waals surface area (Å²) in [6.45, 7) is 3.34. The minimum absolute atomic E-state index is 0.0311. The van der Waals surface area contributed by atoms with Crippen LogP contribution in [0.3, 0.4) is 0 Å². The Balaban J connectivity index is 1.50. The SMILES string of the molecule is CCn1c(CCc2ccccc2)nnc1SCC(=O)NCc1ccc(Cl)cc1. The van der Waals surface area contributed by atoms with Gasteiger partial charge in [-0.05, 0) is 36.6 Å². The highest BCUT2D eigenvalue weighted by atomic mass is 35.5. The highest BCUT2D eigenvalue weighted by Gasteiger charge is 2.13. The molecule has 5 nitrogen and oxygen atoms in total. The maximum atomic E-state index is 12.2. The zero-order chi connectivity index (χ0) is 19.8. The number of carbonyl (C=O) groups excluding carboxylic acids is 1. The molecule has 146 valence electrons. The van der Waals surface area contributed by atoms with E-state index >= 15 is 0 Å². The highest BCUT2D eigenvalue weighted by Crippen LogP contribution is 2.18. The Bertz CT molecular complexity index is 897. The summed E-state index contributed by atoms with van der Waals surface area (Å²) in [7, 11) is 0. The fourth-order valence-electron chi connectivity index (χ4n) is 2.81. The molecular formula is C21H23ClN4OS. The lowest BCUT2D eigenvalue weighted by Crippen LogP contribution is -2.24. The molecule has 0 atom stereocenters. The molecule has 1 aromatic heterocycles. The topological polar surface area (TPSA) is 59.8 Å². The van der Waals surface area contributed by atoms with Crippen LogP contribution in [-0.2, 0) is 30.7 Å². The fourth-order valence-corrected chi connectivity index (χ4v) is 3.79. The van der Waals surface area contributed by atoms with Crippen molar-refractivity contribution >= 4 is 29.3 Å². The Morgan fingerprint density at radius 3 is 2.50 bits per heavy atom. The average Bonchev–Trinajstić information content (AvgIpc) is 3.13. The van der Waals surface area contributed by atoms with Crippen molar-refractivity contribution in [2.45, 2.75) is 38.0 Å². The summed E-state index contributed by atoms with van der Waals surface area (Å²) in [5, 5.41) is 13.0. The van der Waals surface area contributed by atoms with Crippen LogP contribution < -0.4 is 5.32 Å². The molecule has 3 aromatic rings. The summed E-state index contributed by atoms with van der Waals surface area (Å²) in [5.41, 5.74) is 2.30. The van der Waals surface area contributed by atoms with Crippen LogP contribution in [0.15, 0.2) is 59.8 Å². The minimum Gasteiger partial charge on any atom is -0.351 e. The first-order valence-corrected chi connectivity index (χ1v) is 10.6. The molecule has 3 rings (SSSR count). The van der Waals surface area contributed by atoms with Crippen molar-refractivity contribution in [3.05, 3.63) is 76.6 Å². The number of nitrogens with one attached hydrogen (secondary N) is 1. The van der Waals surface area contributed by atoms with Gasteiger partial charge in [-0.1, -0.05) is 65.8 Å². The molecule has 0 saturated carbocycles. The second kappa shape index (κ2) is 10.3. The van der Waals surface area contributed by atoms with Gasteiger partial charge in [-0.2, -0.15) is 0 Å². The first-order chi connectivity index (χ1) is 13.7. The smallest absolute Gasteiger partial charge is 0.230 e. The van der Waals surface area contributed by atoms with Gasteiger partial charge in [0, 0.05) is 24.5 Å². The van der Waals surface area contributed by atoms with Gasteiger partial charge in [0.2, 0.25) is 5.91 Å². The molecule has 28 heavy (non-hydrogen) atoms. The standard InChI is InChI=1S/C21H23ClN4OS/c1-2-26-19(13-10-16-6-4-3-5-7-16)24-25-21(26)28-15-20(27)23-14-17-8-11-18(22)12-9-17/h3-9,11-12H,2,10,13-15H2,1H3,(H,23,27). The zero-order valence-corrected chi connectivity index (χ0v) is 17.3. The van der Waals surface area contributed by atoms with Crippen LogP contribution in [0.2, 0.25) is 5.02 Å². The van der Waals surface area contributed by atoms with Gasteiger partial charge in [0.25, 0.3) is 0 Å². The van der Waals surface area contributed by atoms with E-state index in [0.717, 1.165) is 35.9 Å². The van der Waals surface area contributed by atoms with Crippen LogP contribution in [0.5, 0.6) is 0 Å². The van der Waals surface area contributed by atoms with Crippen molar-refractivity contribution in [3.8, 4) is 0 Å². The summed E-state index contributed by atoms with van der Waals surface area (Å²) in [6, 6.07) is 17.8. The van der Waals surface area contributed by atoms with Crippen molar-refractivity contribution in [1.29, 1.82) is 0 Å². The van der Waals surface area contributed by atoms with Crippen LogP contribution in [0, 0.1) is 0 Å². The predicted molar refractivity (Wildman–Crippen MR) is 114 cm³/mol. The van der Waals surface area contributed by atoms with Crippen molar-refractivity contribution in [2.75, 3.05) is 5.75 Å². The number of thioether (sulfide) groups is 1. The Morgan fingerprint density at radius 1 is 1.04 bits per heavy atom. The van der Waals surface area contributed by atoms with Gasteiger partial charge in [-0.15, -0.1) is 10.2 Å². The van der Waals surface area contributed by atoms with E-state index in [4.69, 9.17) is 11.6 Å². The number of aromatic nitrogens is 3. The summed E-state index contributed by atoms with van der Waals surface area (Å²) in [4.78, 5) is 12.2. The number of nitrogens with zero attached hydrogens (tertiary/aromatic N) is 3. The molecule has 0 aliphatic rings. The van der Waals surface area contributed by atoms with Crippen molar-refractivity contribution in [2.24, 2.45) is 0 Å². The average molecular weight is 415 g/mol. The predicted octanol–water partition coefficient (Wildman–Crippen LogP) is 4.15. The normalized spacial score (nSPS) is 10.8. The molecule has 0 bridgehead atoms. The lowest BCUT2D eigenvalue weighted by molar-refractivity contribution is -0.118. The third-order valence-corrected chi connectivity index (χ3v) is 5.54. The van der Waals surface area contributed by atoms with Gasteiger partial charge in [-0.3, -0.25) is 4.79 Å². The molecule has 0 radical (unpaired) electrons. The Kier molecular flexibility index (Phi) is 7.51. The van der Waals surface area contributed by atoms with E-state index in [1.165, 1.54) is 17.3 Å². The number of benzene rings is 2. The van der Waals surface area contributed by atoms with E-state index in [-0.39, 0.29) is 5.91 Å². The van der Waals surface area contributed by atoms with Crippen LogP contribution in [0.1, 0.15) is 23.9 Å². The molecule has 1 heterocycles. The second-order valence-electron chi connectivity index (χ2n) is 6.32. The summed E-state index contributed by atoms with van der Waals surface area (Å²) in [6.07, 6.45) is 1.75. The molecule has 1 amide bonds. The largest absolute Gasteiger partial charge is 0.351 e. The van der Waals surface area contributed by atoms with Gasteiger partial charge < -0.3 is 9.88 Å². The Morgan fingerprint density at radius 2 is 1.79 bits per heavy atom. The van der Waals surface area contributed by atoms with E-state index < -0.39 is 0 Å². The van der Waals surface area contributed by atoms with Crippen molar-refractivity contribution < 1.29 is 4.79 Å². The molecule has 7 heteroatoms. The summed E-state index contributed by atoms with van der Waals surface area (Å²) < 4.78 is 2.08. The quantitative estimate of drug-likeness (QED) is 0.534. The van der Waals surface area contributed by atoms with E-state index in [0.29, 0.717) is 17.3 Å². The summed E-state index contributed by atoms with van der Waals surface area (Å²) >= 11 is 7.29. The molecule has 0 fully saturated rings. The van der Waals surface area contributed by atoms with Gasteiger partial charge in [0.1, 0.15) is 5.82 Å². The molecule has 0 unspecified atom stereocenters. The lowest BCUT2D eigenvalue weighted by atomic mass is 10.1. The minimum atomic E-state index is -0.0311. The van der Waals surface area contributed by atoms with Gasteiger partial charge in [0.05, 0.1) is 5.75 Å². The van der Waals surface area contributed by atoms with Crippen LogP contribution >= 0.6 is 23.4 Å². The molecule has 2 aromatic carbocycles. The zero-order valence-electron chi connectivity index (χ0n) is 15.8. The van der Waals surface area contributed by atoms with E-state index in [1.807, 2.05) is 42.5 Å². The Hall–Kier alpha value is -2.31. The van der Waals surface area contributed by atoms with Gasteiger partial charge >= 0.3 is 0 Å². The number of carbonyl (C=O) groups is 1. The maximum absolute atomic E-state index is 12.2. The van der Waals surface area contributed by atoms with Crippen LogP contribution in [0.4, 0.5) is 0 Å². The van der Waals surface area contributed by atoms with Crippen molar-refractivity contribution in [3.63, 3.8) is 0 Å². The molecule has 1 N–H and O–H groups in total. The highest BCUT2D eigenvalue weighted by molar-refractivity contribution is 7.99. The fraction of sp³-hybridized carbons (Fsp3) is 0.286. The number of rotatable bonds is 9. The second-order valence-corrected chi connectivity index (χ2v) is 7.70. The molecule has 0 aliphatic heterocycles. The van der Waals surface area contributed by atoms with E-state index in [2.05, 4.69) is 39.1 Å². The number of aryl methyl sites for hydroxylation is 2. The molecular weight excluding hydrogens is 392 g/mol. The molecule has 0 spiro atoms. The van der Waals surface area contributed by atoms with E-state index in [9.17, 15) is 4.79 Å². The van der Waals surface area contributed by atoms with Gasteiger partial charge in [-0.25, -0.2) is 0 Å². The first-order valence-electron chi connectivity index (χ1n) is 9.25. The monoisotopic (exact) mass is 414 g/mol. The third-order valence-electron chi connectivity index (χ3n) is 4.33. The lowest BCUT2D eigenvalue weighted by Gasteiger charge is -2.08. The van der Waals surface area contributed by atoms with Crippen LogP contribution in [0.25, 0.3) is 0 Å².